The number of para-hydroxylation sites is 1. The zero-order valence-electron chi connectivity index (χ0n) is 16.6. The lowest BCUT2D eigenvalue weighted by atomic mass is 9.84. The van der Waals surface area contributed by atoms with Gasteiger partial charge in [0.05, 0.1) is 12.8 Å². The third kappa shape index (κ3) is 4.01. The van der Waals surface area contributed by atoms with E-state index in [1.54, 1.807) is 20.1 Å². The maximum Gasteiger partial charge on any atom is 0.267 e. The van der Waals surface area contributed by atoms with Gasteiger partial charge in [-0.25, -0.2) is 4.39 Å². The second-order valence-corrected chi connectivity index (χ2v) is 7.81. The summed E-state index contributed by atoms with van der Waals surface area (Å²) in [5.74, 6) is 0.130. The summed E-state index contributed by atoms with van der Waals surface area (Å²) in [6.45, 7) is 5.97. The van der Waals surface area contributed by atoms with Gasteiger partial charge in [-0.2, -0.15) is 0 Å². The number of hydrogen-bond acceptors (Lipinski definition) is 4. The highest BCUT2D eigenvalue weighted by Gasteiger charge is 2.43. The summed E-state index contributed by atoms with van der Waals surface area (Å²) in [7, 11) is 1.59. The fraction of sp³-hybridized carbons (Fsp3) is 0.364. The lowest BCUT2D eigenvalue weighted by Gasteiger charge is -2.28. The smallest absolute Gasteiger partial charge is 0.267 e. The van der Waals surface area contributed by atoms with Crippen molar-refractivity contribution in [3.8, 4) is 5.75 Å². The first kappa shape index (κ1) is 19.9. The van der Waals surface area contributed by atoms with E-state index in [2.05, 4.69) is 10.5 Å². The fourth-order valence-electron chi connectivity index (χ4n) is 3.19. The van der Waals surface area contributed by atoms with Crippen LogP contribution in [0.3, 0.4) is 0 Å². The minimum absolute atomic E-state index is 0.259. The van der Waals surface area contributed by atoms with Gasteiger partial charge in [-0.3, -0.25) is 4.79 Å². The van der Waals surface area contributed by atoms with E-state index in [4.69, 9.17) is 9.57 Å². The van der Waals surface area contributed by atoms with Crippen molar-refractivity contribution >= 4 is 11.6 Å². The summed E-state index contributed by atoms with van der Waals surface area (Å²) in [6, 6.07) is 13.9. The highest BCUT2D eigenvalue weighted by atomic mass is 19.1. The van der Waals surface area contributed by atoms with E-state index in [1.165, 1.54) is 12.1 Å². The molecule has 6 heteroatoms. The van der Waals surface area contributed by atoms with E-state index < -0.39 is 11.0 Å². The van der Waals surface area contributed by atoms with Gasteiger partial charge in [-0.05, 0) is 36.8 Å². The Morgan fingerprint density at radius 2 is 2.04 bits per heavy atom. The average Bonchev–Trinajstić information content (AvgIpc) is 3.09. The number of carbonyl (C=O) groups is 1. The third-order valence-electron chi connectivity index (χ3n) is 5.06. The summed E-state index contributed by atoms with van der Waals surface area (Å²) in [5.41, 5.74) is 0.755. The molecule has 1 atom stereocenters. The van der Waals surface area contributed by atoms with Crippen LogP contribution in [0.1, 0.15) is 38.3 Å². The highest BCUT2D eigenvalue weighted by molar-refractivity contribution is 6.07. The van der Waals surface area contributed by atoms with Crippen LogP contribution in [0, 0.1) is 5.82 Å². The number of methoxy groups -OCH3 is 1. The van der Waals surface area contributed by atoms with Gasteiger partial charge in [0.2, 0.25) is 5.60 Å². The molecule has 0 saturated carbocycles. The van der Waals surface area contributed by atoms with E-state index >= 15 is 0 Å². The SMILES string of the molecule is COc1ccccc1C1=NO[C@](C)(C(=O)NCC(C)(C)c2cccc(F)c2)C1. The Kier molecular flexibility index (Phi) is 5.40. The van der Waals surface area contributed by atoms with E-state index in [-0.39, 0.29) is 11.7 Å². The number of halogens is 1. The van der Waals surface area contributed by atoms with E-state index in [0.29, 0.717) is 24.4 Å². The molecule has 5 nitrogen and oxygen atoms in total. The summed E-state index contributed by atoms with van der Waals surface area (Å²) >= 11 is 0. The fourth-order valence-corrected chi connectivity index (χ4v) is 3.19. The van der Waals surface area contributed by atoms with Crippen molar-refractivity contribution in [1.29, 1.82) is 0 Å². The first-order valence-corrected chi connectivity index (χ1v) is 9.18. The van der Waals surface area contributed by atoms with Gasteiger partial charge in [0.1, 0.15) is 11.6 Å². The predicted octanol–water partition coefficient (Wildman–Crippen LogP) is 3.81. The summed E-state index contributed by atoms with van der Waals surface area (Å²) in [6.07, 6.45) is 0.333. The molecule has 0 saturated heterocycles. The molecule has 148 valence electrons. The lowest BCUT2D eigenvalue weighted by molar-refractivity contribution is -0.141. The first-order chi connectivity index (χ1) is 13.2. The van der Waals surface area contributed by atoms with Gasteiger partial charge in [-0.15, -0.1) is 0 Å². The van der Waals surface area contributed by atoms with Crippen LogP contribution in [-0.4, -0.2) is 30.9 Å². The van der Waals surface area contributed by atoms with Crippen molar-refractivity contribution < 1.29 is 18.8 Å². The first-order valence-electron chi connectivity index (χ1n) is 9.18. The van der Waals surface area contributed by atoms with Crippen LogP contribution in [0.25, 0.3) is 0 Å². The highest BCUT2D eigenvalue weighted by Crippen LogP contribution is 2.31. The molecule has 0 aromatic heterocycles. The van der Waals surface area contributed by atoms with Crippen molar-refractivity contribution in [2.24, 2.45) is 5.16 Å². The van der Waals surface area contributed by atoms with E-state index in [9.17, 15) is 9.18 Å². The molecule has 1 aliphatic rings. The molecule has 0 spiro atoms. The molecule has 1 amide bonds. The molecule has 0 fully saturated rings. The minimum Gasteiger partial charge on any atom is -0.496 e. The average molecular weight is 384 g/mol. The molecule has 0 unspecified atom stereocenters. The number of benzene rings is 2. The Balaban J connectivity index is 1.67. The van der Waals surface area contributed by atoms with Crippen LogP contribution >= 0.6 is 0 Å². The molecule has 0 bridgehead atoms. The predicted molar refractivity (Wildman–Crippen MR) is 106 cm³/mol. The van der Waals surface area contributed by atoms with Crippen LogP contribution < -0.4 is 10.1 Å². The largest absolute Gasteiger partial charge is 0.496 e. The standard InChI is InChI=1S/C22H25FN2O3/c1-21(2,15-8-7-9-16(23)12-15)14-24-20(26)22(3)13-18(25-28-22)17-10-5-6-11-19(17)27-4/h5-12H,13-14H2,1-4H3,(H,24,26)/t22-/m0/s1. The zero-order valence-corrected chi connectivity index (χ0v) is 16.6. The topological polar surface area (TPSA) is 59.9 Å². The molecule has 0 radical (unpaired) electrons. The molecule has 1 N–H and O–H groups in total. The van der Waals surface area contributed by atoms with Gasteiger partial charge in [-0.1, -0.05) is 43.3 Å². The van der Waals surface area contributed by atoms with Crippen LogP contribution in [0.15, 0.2) is 53.7 Å². The van der Waals surface area contributed by atoms with Crippen molar-refractivity contribution in [3.05, 3.63) is 65.5 Å². The Bertz CT molecular complexity index is 910. The van der Waals surface area contributed by atoms with Crippen molar-refractivity contribution in [2.45, 2.75) is 38.2 Å². The van der Waals surface area contributed by atoms with Crippen molar-refractivity contribution in [3.63, 3.8) is 0 Å². The maximum atomic E-state index is 13.5. The van der Waals surface area contributed by atoms with Gasteiger partial charge >= 0.3 is 0 Å². The van der Waals surface area contributed by atoms with Crippen LogP contribution in [0.4, 0.5) is 4.39 Å². The molecule has 28 heavy (non-hydrogen) atoms. The Hall–Kier alpha value is -2.89. The quantitative estimate of drug-likeness (QED) is 0.824. The molecule has 2 aromatic rings. The molecule has 1 heterocycles. The maximum absolute atomic E-state index is 13.5. The van der Waals surface area contributed by atoms with Crippen LogP contribution in [0.2, 0.25) is 0 Å². The number of nitrogens with zero attached hydrogens (tertiary/aromatic N) is 1. The summed E-state index contributed by atoms with van der Waals surface area (Å²) in [4.78, 5) is 18.3. The molecular formula is C22H25FN2O3. The number of rotatable bonds is 6. The van der Waals surface area contributed by atoms with E-state index in [0.717, 1.165) is 11.1 Å². The number of ether oxygens (including phenoxy) is 1. The van der Waals surface area contributed by atoms with Gasteiger partial charge in [0.15, 0.2) is 0 Å². The van der Waals surface area contributed by atoms with E-state index in [1.807, 2.05) is 44.2 Å². The Labute approximate surface area is 164 Å². The van der Waals surface area contributed by atoms with Crippen LogP contribution in [-0.2, 0) is 15.0 Å². The minimum atomic E-state index is -1.10. The van der Waals surface area contributed by atoms with Gasteiger partial charge < -0.3 is 14.9 Å². The van der Waals surface area contributed by atoms with Gasteiger partial charge in [0.25, 0.3) is 5.91 Å². The van der Waals surface area contributed by atoms with Crippen molar-refractivity contribution in [1.82, 2.24) is 5.32 Å². The van der Waals surface area contributed by atoms with Crippen LogP contribution in [0.5, 0.6) is 5.75 Å². The Morgan fingerprint density at radius 1 is 1.29 bits per heavy atom. The zero-order chi connectivity index (χ0) is 20.4. The lowest BCUT2D eigenvalue weighted by Crippen LogP contribution is -2.48. The third-order valence-corrected chi connectivity index (χ3v) is 5.06. The molecular weight excluding hydrogens is 359 g/mol. The number of hydrogen-bond donors (Lipinski definition) is 1. The molecule has 0 aliphatic carbocycles. The molecule has 2 aromatic carbocycles. The van der Waals surface area contributed by atoms with Gasteiger partial charge in [0, 0.05) is 23.9 Å². The number of amides is 1. The Morgan fingerprint density at radius 3 is 2.75 bits per heavy atom. The van der Waals surface area contributed by atoms with Crippen molar-refractivity contribution in [2.75, 3.05) is 13.7 Å². The normalized spacial score (nSPS) is 19.0. The number of nitrogens with one attached hydrogen (secondary N) is 1. The monoisotopic (exact) mass is 384 g/mol. The molecule has 1 aliphatic heterocycles. The molecule has 3 rings (SSSR count). The summed E-state index contributed by atoms with van der Waals surface area (Å²) in [5, 5.41) is 7.06. The number of oxime groups is 1. The number of carbonyl (C=O) groups excluding carboxylic acids is 1. The summed E-state index contributed by atoms with van der Waals surface area (Å²) < 4.78 is 18.9. The second kappa shape index (κ2) is 7.62. The second-order valence-electron chi connectivity index (χ2n) is 7.81.